The molecule has 8 nitrogen and oxygen atoms in total. The van der Waals surface area contributed by atoms with Crippen molar-refractivity contribution in [1.82, 2.24) is 20.2 Å². The Morgan fingerprint density at radius 3 is 2.86 bits per heavy atom. The number of fused-ring (bicyclic) bond motifs is 1. The summed E-state index contributed by atoms with van der Waals surface area (Å²) in [7, 11) is 0. The Morgan fingerprint density at radius 1 is 1.32 bits per heavy atom. The van der Waals surface area contributed by atoms with Gasteiger partial charge in [-0.2, -0.15) is 10.4 Å². The number of oxazole rings is 1. The number of aromatic nitrogens is 4. The van der Waals surface area contributed by atoms with Gasteiger partial charge in [-0.25, -0.2) is 9.97 Å². The van der Waals surface area contributed by atoms with Crippen LogP contribution in [0, 0.1) is 25.2 Å². The van der Waals surface area contributed by atoms with Gasteiger partial charge in [0.15, 0.2) is 12.2 Å². The molecule has 4 rings (SSSR count). The lowest BCUT2D eigenvalue weighted by atomic mass is 10.0. The first-order valence-electron chi connectivity index (χ1n) is 8.24. The maximum Gasteiger partial charge on any atom is 0.274 e. The molecule has 0 atom stereocenters. The van der Waals surface area contributed by atoms with Crippen molar-refractivity contribution >= 4 is 34.1 Å². The lowest BCUT2D eigenvalue weighted by Gasteiger charge is -2.11. The van der Waals surface area contributed by atoms with Crippen LogP contribution in [0.15, 0.2) is 35.2 Å². The highest BCUT2D eigenvalue weighted by molar-refractivity contribution is 6.31. The SMILES string of the molecule is Cc1c(C(=O)Nc2ccc3[nH]nc(-c4cnco4)c3c2)nc(Cl)c(C#N)c1C. The van der Waals surface area contributed by atoms with E-state index in [4.69, 9.17) is 16.0 Å². The molecule has 9 heteroatoms. The summed E-state index contributed by atoms with van der Waals surface area (Å²) in [5.74, 6) is 0.0952. The fourth-order valence-corrected chi connectivity index (χ4v) is 3.18. The molecule has 0 saturated carbocycles. The summed E-state index contributed by atoms with van der Waals surface area (Å²) in [4.78, 5) is 20.8. The van der Waals surface area contributed by atoms with E-state index in [1.54, 1.807) is 38.2 Å². The highest BCUT2D eigenvalue weighted by Crippen LogP contribution is 2.29. The molecule has 0 aliphatic heterocycles. The van der Waals surface area contributed by atoms with Crippen LogP contribution in [-0.4, -0.2) is 26.1 Å². The van der Waals surface area contributed by atoms with E-state index in [1.165, 1.54) is 6.39 Å². The van der Waals surface area contributed by atoms with Crippen LogP contribution in [-0.2, 0) is 0 Å². The minimum atomic E-state index is -0.420. The summed E-state index contributed by atoms with van der Waals surface area (Å²) in [6, 6.07) is 7.33. The molecule has 0 saturated heterocycles. The number of nitrogens with one attached hydrogen (secondary N) is 2. The second-order valence-corrected chi connectivity index (χ2v) is 6.50. The van der Waals surface area contributed by atoms with E-state index in [-0.39, 0.29) is 16.4 Å². The van der Waals surface area contributed by atoms with Crippen molar-refractivity contribution in [3.05, 3.63) is 58.3 Å². The standard InChI is InChI=1S/C19H13ClN6O2/c1-9-10(2)16(24-18(20)13(9)6-21)19(27)23-11-3-4-14-12(5-11)17(26-25-14)15-7-22-8-28-15/h3-5,7-8H,1-2H3,(H,23,27)(H,25,26). The smallest absolute Gasteiger partial charge is 0.274 e. The predicted molar refractivity (Wildman–Crippen MR) is 103 cm³/mol. The van der Waals surface area contributed by atoms with Crippen LogP contribution in [0.25, 0.3) is 22.4 Å². The molecular weight excluding hydrogens is 380 g/mol. The van der Waals surface area contributed by atoms with Crippen LogP contribution in [0.4, 0.5) is 5.69 Å². The number of halogens is 1. The van der Waals surface area contributed by atoms with Crippen LogP contribution in [0.3, 0.4) is 0 Å². The van der Waals surface area contributed by atoms with Crippen molar-refractivity contribution in [2.45, 2.75) is 13.8 Å². The monoisotopic (exact) mass is 392 g/mol. The van der Waals surface area contributed by atoms with E-state index >= 15 is 0 Å². The highest BCUT2D eigenvalue weighted by atomic mass is 35.5. The van der Waals surface area contributed by atoms with Crippen LogP contribution in [0.5, 0.6) is 0 Å². The van der Waals surface area contributed by atoms with Crippen LogP contribution >= 0.6 is 11.6 Å². The van der Waals surface area contributed by atoms with Gasteiger partial charge in [-0.3, -0.25) is 9.89 Å². The van der Waals surface area contributed by atoms with Gasteiger partial charge in [0, 0.05) is 11.1 Å². The number of carbonyl (C=O) groups excluding carboxylic acids is 1. The number of rotatable bonds is 3. The zero-order valence-electron chi connectivity index (χ0n) is 14.9. The van der Waals surface area contributed by atoms with Crippen molar-refractivity contribution in [3.63, 3.8) is 0 Å². The lowest BCUT2D eigenvalue weighted by Crippen LogP contribution is -2.17. The van der Waals surface area contributed by atoms with Crippen molar-refractivity contribution in [3.8, 4) is 17.5 Å². The van der Waals surface area contributed by atoms with E-state index in [0.29, 0.717) is 28.3 Å². The number of nitrogens with zero attached hydrogens (tertiary/aromatic N) is 4. The first-order valence-corrected chi connectivity index (χ1v) is 8.62. The average Bonchev–Trinajstić information content (AvgIpc) is 3.34. The number of aromatic amines is 1. The van der Waals surface area contributed by atoms with E-state index in [2.05, 4.69) is 25.5 Å². The molecule has 0 aliphatic carbocycles. The number of anilines is 1. The number of hydrogen-bond donors (Lipinski definition) is 2. The predicted octanol–water partition coefficient (Wildman–Crippen LogP) is 4.01. The molecule has 4 aromatic rings. The van der Waals surface area contributed by atoms with Gasteiger partial charge in [-0.1, -0.05) is 11.6 Å². The molecule has 0 spiro atoms. The van der Waals surface area contributed by atoms with Crippen LogP contribution in [0.2, 0.25) is 5.15 Å². The fourth-order valence-electron chi connectivity index (χ4n) is 2.91. The van der Waals surface area contributed by atoms with Gasteiger partial charge >= 0.3 is 0 Å². The summed E-state index contributed by atoms with van der Waals surface area (Å²) in [6.07, 6.45) is 2.89. The first kappa shape index (κ1) is 17.7. The van der Waals surface area contributed by atoms with E-state index in [0.717, 1.165) is 10.9 Å². The maximum absolute atomic E-state index is 12.8. The number of benzene rings is 1. The Kier molecular flexibility index (Phi) is 4.29. The molecule has 0 bridgehead atoms. The van der Waals surface area contributed by atoms with Gasteiger partial charge in [-0.05, 0) is 43.2 Å². The van der Waals surface area contributed by atoms with Crippen LogP contribution < -0.4 is 5.32 Å². The average molecular weight is 393 g/mol. The number of nitriles is 1. The molecule has 0 radical (unpaired) electrons. The largest absolute Gasteiger partial charge is 0.442 e. The van der Waals surface area contributed by atoms with Gasteiger partial charge in [0.25, 0.3) is 5.91 Å². The topological polar surface area (TPSA) is 120 Å². The van der Waals surface area contributed by atoms with Crippen molar-refractivity contribution in [2.75, 3.05) is 5.32 Å². The third-order valence-corrected chi connectivity index (χ3v) is 4.80. The minimum absolute atomic E-state index is 0.00800. The summed E-state index contributed by atoms with van der Waals surface area (Å²) >= 11 is 6.05. The summed E-state index contributed by atoms with van der Waals surface area (Å²) in [5, 5.41) is 19.9. The molecule has 2 N–H and O–H groups in total. The zero-order valence-corrected chi connectivity index (χ0v) is 15.6. The Balaban J connectivity index is 1.70. The Labute approximate surface area is 164 Å². The van der Waals surface area contributed by atoms with Gasteiger partial charge in [0.1, 0.15) is 22.6 Å². The number of H-pyrrole nitrogens is 1. The number of hydrogen-bond acceptors (Lipinski definition) is 6. The molecule has 0 fully saturated rings. The molecule has 1 amide bonds. The fraction of sp³-hybridized carbons (Fsp3) is 0.105. The summed E-state index contributed by atoms with van der Waals surface area (Å²) in [6.45, 7) is 3.47. The van der Waals surface area contributed by atoms with Gasteiger partial charge in [0.2, 0.25) is 0 Å². The molecule has 3 aromatic heterocycles. The van der Waals surface area contributed by atoms with Gasteiger partial charge in [0.05, 0.1) is 17.3 Å². The number of carbonyl (C=O) groups is 1. The number of amides is 1. The normalized spacial score (nSPS) is 10.8. The van der Waals surface area contributed by atoms with Crippen molar-refractivity contribution in [2.24, 2.45) is 0 Å². The summed E-state index contributed by atoms with van der Waals surface area (Å²) < 4.78 is 5.31. The van der Waals surface area contributed by atoms with E-state index in [1.807, 2.05) is 6.07 Å². The molecule has 138 valence electrons. The Bertz CT molecular complexity index is 1250. The van der Waals surface area contributed by atoms with E-state index in [9.17, 15) is 10.1 Å². The van der Waals surface area contributed by atoms with Gasteiger partial charge in [-0.15, -0.1) is 0 Å². The first-order chi connectivity index (χ1) is 13.5. The third kappa shape index (κ3) is 2.88. The molecule has 28 heavy (non-hydrogen) atoms. The highest BCUT2D eigenvalue weighted by Gasteiger charge is 2.19. The van der Waals surface area contributed by atoms with Crippen LogP contribution in [0.1, 0.15) is 27.2 Å². The lowest BCUT2D eigenvalue weighted by molar-refractivity contribution is 0.102. The Hall–Kier alpha value is -3.70. The molecule has 0 aliphatic rings. The van der Waals surface area contributed by atoms with Gasteiger partial charge < -0.3 is 9.73 Å². The quantitative estimate of drug-likeness (QED) is 0.508. The summed E-state index contributed by atoms with van der Waals surface area (Å²) in [5.41, 5.74) is 3.61. The Morgan fingerprint density at radius 2 is 2.14 bits per heavy atom. The van der Waals surface area contributed by atoms with Crippen molar-refractivity contribution in [1.29, 1.82) is 5.26 Å². The second kappa shape index (κ2) is 6.79. The van der Waals surface area contributed by atoms with Crippen molar-refractivity contribution < 1.29 is 9.21 Å². The molecule has 3 heterocycles. The molecule has 1 aromatic carbocycles. The third-order valence-electron chi connectivity index (χ3n) is 4.52. The zero-order chi connectivity index (χ0) is 19.8. The molecular formula is C19H13ClN6O2. The van der Waals surface area contributed by atoms with E-state index < -0.39 is 5.91 Å². The number of pyridine rings is 1. The second-order valence-electron chi connectivity index (χ2n) is 6.14. The minimum Gasteiger partial charge on any atom is -0.442 e. The molecule has 0 unspecified atom stereocenters. The maximum atomic E-state index is 12.8.